The van der Waals surface area contributed by atoms with E-state index < -0.39 is 9.90 Å². The highest BCUT2D eigenvalue weighted by Crippen LogP contribution is 2.33. The molecule has 0 amide bonds. The van der Waals surface area contributed by atoms with Gasteiger partial charge in [0.05, 0.1) is 0 Å². The lowest BCUT2D eigenvalue weighted by atomic mass is 10.1. The van der Waals surface area contributed by atoms with Gasteiger partial charge in [-0.2, -0.15) is 0 Å². The highest BCUT2D eigenvalue weighted by Gasteiger charge is 2.31. The molecule has 0 saturated heterocycles. The van der Waals surface area contributed by atoms with Crippen molar-refractivity contribution in [3.63, 3.8) is 0 Å². The summed E-state index contributed by atoms with van der Waals surface area (Å²) in [6, 6.07) is 0. The number of allylic oxidation sites excluding steroid dienone is 1. The molecule has 0 aromatic heterocycles. The summed E-state index contributed by atoms with van der Waals surface area (Å²) in [6.45, 7) is 3.69. The maximum atomic E-state index is 9.32. The van der Waals surface area contributed by atoms with Crippen molar-refractivity contribution in [3.05, 3.63) is 11.6 Å². The van der Waals surface area contributed by atoms with Crippen molar-refractivity contribution in [3.8, 4) is 0 Å². The fraction of sp³-hybridized carbons (Fsp3) is 0.714. The Morgan fingerprint density at radius 3 is 2.27 bits per heavy atom. The second-order valence-corrected chi connectivity index (χ2v) is 4.67. The van der Waals surface area contributed by atoms with Gasteiger partial charge < -0.3 is 5.11 Å². The number of aliphatic hydroxyl groups excluding tert-OH is 1. The maximum Gasteiger partial charge on any atom is 0.219 e. The number of halogens is 3. The van der Waals surface area contributed by atoms with Crippen LogP contribution in [0.1, 0.15) is 20.3 Å². The highest BCUT2D eigenvalue weighted by molar-refractivity contribution is 6.68. The molecule has 0 aliphatic rings. The predicted octanol–water partition coefficient (Wildman–Crippen LogP) is 3.07. The summed E-state index contributed by atoms with van der Waals surface area (Å²) >= 11 is 16.4. The Bertz CT molecular complexity index is 148. The summed E-state index contributed by atoms with van der Waals surface area (Å²) in [6.07, 6.45) is 1.64. The highest BCUT2D eigenvalue weighted by atomic mass is 35.6. The number of alkyl halides is 3. The van der Waals surface area contributed by atoms with Crippen LogP contribution in [-0.4, -0.2) is 15.0 Å². The smallest absolute Gasteiger partial charge is 0.219 e. The first-order valence-electron chi connectivity index (χ1n) is 3.31. The molecule has 1 unspecified atom stereocenters. The van der Waals surface area contributed by atoms with Crippen LogP contribution in [0, 0.1) is 0 Å². The van der Waals surface area contributed by atoms with E-state index >= 15 is 0 Å². The molecule has 0 heterocycles. The van der Waals surface area contributed by atoms with Gasteiger partial charge in [0.25, 0.3) is 0 Å². The minimum atomic E-state index is -1.62. The zero-order chi connectivity index (χ0) is 9.07. The van der Waals surface area contributed by atoms with Crippen molar-refractivity contribution in [1.29, 1.82) is 0 Å². The minimum absolute atomic E-state index is 0.688. The predicted molar refractivity (Wildman–Crippen MR) is 50.3 cm³/mol. The number of hydrogen-bond acceptors (Lipinski definition) is 1. The topological polar surface area (TPSA) is 20.2 Å². The Morgan fingerprint density at radius 2 is 2.00 bits per heavy atom. The van der Waals surface area contributed by atoms with Crippen molar-refractivity contribution >= 4 is 34.8 Å². The van der Waals surface area contributed by atoms with Crippen molar-refractivity contribution in [2.24, 2.45) is 0 Å². The lowest BCUT2D eigenvalue weighted by Crippen LogP contribution is -2.26. The van der Waals surface area contributed by atoms with Gasteiger partial charge in [-0.05, 0) is 18.9 Å². The van der Waals surface area contributed by atoms with E-state index in [4.69, 9.17) is 34.8 Å². The molecule has 0 radical (unpaired) electrons. The van der Waals surface area contributed by atoms with Crippen LogP contribution in [0.2, 0.25) is 0 Å². The molecular weight excluding hydrogens is 206 g/mol. The molecule has 11 heavy (non-hydrogen) atoms. The van der Waals surface area contributed by atoms with Gasteiger partial charge >= 0.3 is 0 Å². The second-order valence-electron chi connectivity index (χ2n) is 2.30. The van der Waals surface area contributed by atoms with Crippen molar-refractivity contribution in [2.75, 3.05) is 0 Å². The fourth-order valence-electron chi connectivity index (χ4n) is 0.692. The van der Waals surface area contributed by atoms with E-state index in [0.717, 1.165) is 6.42 Å². The summed E-state index contributed by atoms with van der Waals surface area (Å²) in [5.74, 6) is 0. The molecule has 1 atom stereocenters. The fourth-order valence-corrected chi connectivity index (χ4v) is 1.21. The molecule has 4 heteroatoms. The molecule has 0 saturated carbocycles. The molecule has 0 aromatic rings. The zero-order valence-electron chi connectivity index (χ0n) is 6.44. The molecule has 1 N–H and O–H groups in total. The summed E-state index contributed by atoms with van der Waals surface area (Å²) in [7, 11) is 0. The SMILES string of the molecule is CC/C=C(\C)C(O)C(Cl)(Cl)Cl. The van der Waals surface area contributed by atoms with E-state index in [9.17, 15) is 5.11 Å². The van der Waals surface area contributed by atoms with E-state index in [1.807, 2.05) is 13.0 Å². The Balaban J connectivity index is 4.25. The summed E-state index contributed by atoms with van der Waals surface area (Å²) in [5, 5.41) is 9.32. The van der Waals surface area contributed by atoms with Crippen molar-refractivity contribution in [2.45, 2.75) is 30.2 Å². The van der Waals surface area contributed by atoms with E-state index in [-0.39, 0.29) is 0 Å². The maximum absolute atomic E-state index is 9.32. The molecule has 0 aliphatic heterocycles. The molecule has 0 rings (SSSR count). The lowest BCUT2D eigenvalue weighted by Gasteiger charge is -2.19. The largest absolute Gasteiger partial charge is 0.384 e. The molecule has 0 aliphatic carbocycles. The summed E-state index contributed by atoms with van der Waals surface area (Å²) in [4.78, 5) is 0. The molecule has 0 bridgehead atoms. The van der Waals surface area contributed by atoms with Crippen LogP contribution in [-0.2, 0) is 0 Å². The second kappa shape index (κ2) is 4.56. The lowest BCUT2D eigenvalue weighted by molar-refractivity contribution is 0.215. The Kier molecular flexibility index (Phi) is 4.80. The number of aliphatic hydroxyl groups is 1. The van der Waals surface area contributed by atoms with Crippen LogP contribution in [0.25, 0.3) is 0 Å². The third-order valence-corrected chi connectivity index (χ3v) is 1.89. The van der Waals surface area contributed by atoms with Gasteiger partial charge in [0.1, 0.15) is 6.10 Å². The summed E-state index contributed by atoms with van der Waals surface area (Å²) in [5.41, 5.74) is 0.688. The molecule has 0 fully saturated rings. The van der Waals surface area contributed by atoms with Crippen LogP contribution in [0.4, 0.5) is 0 Å². The Labute approximate surface area is 81.9 Å². The van der Waals surface area contributed by atoms with Crippen molar-refractivity contribution in [1.82, 2.24) is 0 Å². The quantitative estimate of drug-likeness (QED) is 0.557. The van der Waals surface area contributed by atoms with Crippen LogP contribution in [0.3, 0.4) is 0 Å². The monoisotopic (exact) mass is 216 g/mol. The normalized spacial score (nSPS) is 16.7. The van der Waals surface area contributed by atoms with E-state index in [2.05, 4.69) is 0 Å². The van der Waals surface area contributed by atoms with Crippen molar-refractivity contribution < 1.29 is 5.11 Å². The number of hydrogen-bond donors (Lipinski definition) is 1. The molecular formula is C7H11Cl3O. The Morgan fingerprint density at radius 1 is 1.55 bits per heavy atom. The van der Waals surface area contributed by atoms with Crippen LogP contribution in [0.5, 0.6) is 0 Å². The minimum Gasteiger partial charge on any atom is -0.384 e. The first-order chi connectivity index (χ1) is 4.89. The molecule has 66 valence electrons. The summed E-state index contributed by atoms with van der Waals surface area (Å²) < 4.78 is -1.62. The van der Waals surface area contributed by atoms with Gasteiger partial charge in [-0.1, -0.05) is 47.8 Å². The van der Waals surface area contributed by atoms with Gasteiger partial charge in [0, 0.05) is 0 Å². The average molecular weight is 218 g/mol. The van der Waals surface area contributed by atoms with E-state index in [1.165, 1.54) is 0 Å². The van der Waals surface area contributed by atoms with Gasteiger partial charge in [-0.3, -0.25) is 0 Å². The average Bonchev–Trinajstić information content (AvgIpc) is 1.85. The standard InChI is InChI=1S/C7H11Cl3O/c1-3-4-5(2)6(11)7(8,9)10/h4,6,11H,3H2,1-2H3/b5-4+. The van der Waals surface area contributed by atoms with Gasteiger partial charge in [-0.25, -0.2) is 0 Å². The van der Waals surface area contributed by atoms with Gasteiger partial charge in [0.15, 0.2) is 0 Å². The Hall–Kier alpha value is 0.570. The van der Waals surface area contributed by atoms with Crippen LogP contribution in [0.15, 0.2) is 11.6 Å². The van der Waals surface area contributed by atoms with Crippen LogP contribution < -0.4 is 0 Å². The van der Waals surface area contributed by atoms with Crippen LogP contribution >= 0.6 is 34.8 Å². The number of rotatable bonds is 2. The van der Waals surface area contributed by atoms with Gasteiger partial charge in [-0.15, -0.1) is 0 Å². The van der Waals surface area contributed by atoms with E-state index in [0.29, 0.717) is 5.57 Å². The first-order valence-corrected chi connectivity index (χ1v) is 4.44. The third-order valence-electron chi connectivity index (χ3n) is 1.27. The molecule has 1 nitrogen and oxygen atoms in total. The third kappa shape index (κ3) is 4.22. The molecule has 0 aromatic carbocycles. The van der Waals surface area contributed by atoms with E-state index in [1.54, 1.807) is 6.92 Å². The van der Waals surface area contributed by atoms with Gasteiger partial charge in [0.2, 0.25) is 3.79 Å². The molecule has 0 spiro atoms. The zero-order valence-corrected chi connectivity index (χ0v) is 8.71. The first kappa shape index (κ1) is 11.6.